The van der Waals surface area contributed by atoms with Crippen molar-refractivity contribution in [3.05, 3.63) is 77.8 Å². The number of anilines is 1. The van der Waals surface area contributed by atoms with Gasteiger partial charge in [0.25, 0.3) is 0 Å². The van der Waals surface area contributed by atoms with Crippen LogP contribution in [0.25, 0.3) is 11.1 Å². The average Bonchev–Trinajstić information content (AvgIpc) is 3.35. The summed E-state index contributed by atoms with van der Waals surface area (Å²) < 4.78 is 23.0. The fraction of sp³-hybridized carbons (Fsp3) is 0.382. The molecule has 3 amide bonds. The smallest absolute Gasteiger partial charge is 0.404 e. The van der Waals surface area contributed by atoms with Gasteiger partial charge in [0.2, 0.25) is 11.8 Å². The molecule has 0 radical (unpaired) electrons. The molecule has 0 spiro atoms. The first-order chi connectivity index (χ1) is 22.2. The quantitative estimate of drug-likeness (QED) is 0.0793. The van der Waals surface area contributed by atoms with Crippen LogP contribution in [0, 0.1) is 0 Å². The second-order valence-electron chi connectivity index (χ2n) is 10.5. The van der Waals surface area contributed by atoms with Gasteiger partial charge in [-0.2, -0.15) is 0 Å². The molecule has 1 aliphatic carbocycles. The Morgan fingerprint density at radius 1 is 0.911 bits per heavy atom. The maximum atomic E-state index is 13.0. The molecule has 45 heavy (non-hydrogen) atoms. The molecule has 11 heteroatoms. The molecule has 2 aromatic carbocycles. The Morgan fingerprint density at radius 3 is 2.36 bits per heavy atom. The Kier molecular flexibility index (Phi) is 12.7. The van der Waals surface area contributed by atoms with Crippen LogP contribution < -0.4 is 16.4 Å². The summed E-state index contributed by atoms with van der Waals surface area (Å²) in [6.07, 6.45) is 1.99. The Labute approximate surface area is 264 Å². The zero-order valence-corrected chi connectivity index (χ0v) is 25.6. The third kappa shape index (κ3) is 10.6. The molecule has 0 saturated carbocycles. The second kappa shape index (κ2) is 17.4. The van der Waals surface area contributed by atoms with Crippen molar-refractivity contribution < 1.29 is 39.6 Å². The van der Waals surface area contributed by atoms with Crippen molar-refractivity contribution in [2.75, 3.05) is 31.7 Å². The zero-order chi connectivity index (χ0) is 33.5. The SMILES string of the molecule is [2H]NC(=O)OCC1c2cc(NC(=O)CCCC(=O)NCCOC(=C)CC)ccc2-c2ccc(C(=O)CCCOC(=C)CC=O)cc21. The number of fused-ring (bicyclic) bond motifs is 3. The van der Waals surface area contributed by atoms with E-state index in [1.165, 1.54) is 0 Å². The minimum atomic E-state index is -0.911. The van der Waals surface area contributed by atoms with Crippen LogP contribution in [0.15, 0.2) is 61.1 Å². The van der Waals surface area contributed by atoms with Crippen LogP contribution >= 0.6 is 0 Å². The number of nitrogens with one attached hydrogen (secondary N) is 2. The molecule has 0 saturated heterocycles. The molecule has 240 valence electrons. The number of ketones is 1. The number of nitrogens with two attached hydrogens (primary N) is 1. The van der Waals surface area contributed by atoms with Crippen molar-refractivity contribution in [2.45, 2.75) is 57.8 Å². The van der Waals surface area contributed by atoms with Gasteiger partial charge in [-0.3, -0.25) is 14.4 Å². The normalized spacial score (nSPS) is 12.9. The van der Waals surface area contributed by atoms with Crippen molar-refractivity contribution in [3.8, 4) is 11.1 Å². The monoisotopic (exact) mass is 620 g/mol. The Morgan fingerprint density at radius 2 is 1.62 bits per heavy atom. The van der Waals surface area contributed by atoms with E-state index < -0.39 is 12.0 Å². The molecule has 2 aromatic rings. The maximum Gasteiger partial charge on any atom is 0.404 e. The third-order valence-corrected chi connectivity index (χ3v) is 7.23. The summed E-state index contributed by atoms with van der Waals surface area (Å²) in [5.74, 6) is 0.0617. The first kappa shape index (κ1) is 33.0. The van der Waals surface area contributed by atoms with Crippen LogP contribution in [-0.4, -0.2) is 56.3 Å². The number of benzene rings is 2. The van der Waals surface area contributed by atoms with Gasteiger partial charge in [-0.1, -0.05) is 38.3 Å². The van der Waals surface area contributed by atoms with Gasteiger partial charge in [0.1, 0.15) is 19.5 Å². The van der Waals surface area contributed by atoms with Gasteiger partial charge in [0, 0.05) is 42.9 Å². The molecule has 0 heterocycles. The first-order valence-corrected chi connectivity index (χ1v) is 14.9. The molecule has 0 bridgehead atoms. The number of hydrogen-bond donors (Lipinski definition) is 3. The van der Waals surface area contributed by atoms with Crippen LogP contribution in [0.4, 0.5) is 10.5 Å². The van der Waals surface area contributed by atoms with Gasteiger partial charge < -0.3 is 35.4 Å². The molecule has 1 aliphatic rings. The summed E-state index contributed by atoms with van der Waals surface area (Å²) in [6.45, 7) is 10.2. The zero-order valence-electron chi connectivity index (χ0n) is 26.6. The summed E-state index contributed by atoms with van der Waals surface area (Å²) >= 11 is 0. The Balaban J connectivity index is 1.62. The largest absolute Gasteiger partial charge is 0.498 e. The predicted molar refractivity (Wildman–Crippen MR) is 169 cm³/mol. The summed E-state index contributed by atoms with van der Waals surface area (Å²) in [7, 11) is 0. The lowest BCUT2D eigenvalue weighted by Crippen LogP contribution is -2.27. The number of aldehydes is 1. The Hall–Kier alpha value is -4.93. The van der Waals surface area contributed by atoms with Gasteiger partial charge in [-0.05, 0) is 53.3 Å². The lowest BCUT2D eigenvalue weighted by molar-refractivity contribution is -0.121. The second-order valence-corrected chi connectivity index (χ2v) is 10.5. The summed E-state index contributed by atoms with van der Waals surface area (Å²) in [5.41, 5.74) is 6.05. The van der Waals surface area contributed by atoms with E-state index in [-0.39, 0.29) is 56.5 Å². The van der Waals surface area contributed by atoms with E-state index >= 15 is 0 Å². The third-order valence-electron chi connectivity index (χ3n) is 7.23. The number of allylic oxidation sites excluding steroid dienone is 2. The minimum absolute atomic E-state index is 0.0842. The minimum Gasteiger partial charge on any atom is -0.498 e. The number of rotatable bonds is 20. The molecule has 0 fully saturated rings. The first-order valence-electron chi connectivity index (χ1n) is 15.4. The summed E-state index contributed by atoms with van der Waals surface area (Å²) in [6, 6.07) is 10.8. The van der Waals surface area contributed by atoms with Crippen LogP contribution in [-0.2, 0) is 28.6 Å². The van der Waals surface area contributed by atoms with E-state index in [9.17, 15) is 24.0 Å². The van der Waals surface area contributed by atoms with E-state index in [2.05, 4.69) is 23.8 Å². The molecule has 11 nitrogen and oxygen atoms in total. The summed E-state index contributed by atoms with van der Waals surface area (Å²) in [4.78, 5) is 60.0. The topological polar surface area (TPSA) is 163 Å². The number of amides is 3. The van der Waals surface area contributed by atoms with E-state index in [4.69, 9.17) is 15.6 Å². The van der Waals surface area contributed by atoms with Crippen molar-refractivity contribution in [3.63, 3.8) is 0 Å². The highest BCUT2D eigenvalue weighted by Crippen LogP contribution is 2.46. The van der Waals surface area contributed by atoms with Crippen molar-refractivity contribution in [2.24, 2.45) is 5.73 Å². The van der Waals surface area contributed by atoms with Crippen LogP contribution in [0.5, 0.6) is 0 Å². The van der Waals surface area contributed by atoms with Gasteiger partial charge in [-0.15, -0.1) is 0 Å². The standard InChI is InChI=1S/C34H41N3O8/c1-4-22(2)44-18-15-36-32(40)8-5-9-33(41)37-25-11-13-27-26-12-10-24(31(39)7-6-17-43-23(3)14-16-38)19-28(26)30(29(27)20-25)21-45-34(35)42/h10-13,16,19-20,30H,2-9,14-15,17-18,21H2,1H3,(H2,35,42)(H,36,40)(H,37,41)/i/hD. The number of primary amides is 1. The van der Waals surface area contributed by atoms with E-state index in [1.54, 1.807) is 23.9 Å². The number of hydrogen-bond acceptors (Lipinski definition) is 8. The number of ether oxygens (including phenoxy) is 3. The fourth-order valence-corrected chi connectivity index (χ4v) is 4.90. The van der Waals surface area contributed by atoms with Gasteiger partial charge in [0.05, 0.1) is 31.1 Å². The van der Waals surface area contributed by atoms with Gasteiger partial charge in [-0.25, -0.2) is 4.79 Å². The summed E-state index contributed by atoms with van der Waals surface area (Å²) in [5, 5.41) is 5.63. The number of Topliss-reactive ketones (excluding diaryl/α,β-unsaturated/α-hetero) is 1. The maximum absolute atomic E-state index is 13.0. The lowest BCUT2D eigenvalue weighted by Gasteiger charge is -2.15. The fourth-order valence-electron chi connectivity index (χ4n) is 4.90. The van der Waals surface area contributed by atoms with Gasteiger partial charge in [0.15, 0.2) is 7.20 Å². The lowest BCUT2D eigenvalue weighted by atomic mass is 9.94. The van der Waals surface area contributed by atoms with E-state index in [1.807, 2.05) is 25.1 Å². The average molecular weight is 621 g/mol. The molecule has 1 unspecified atom stereocenters. The van der Waals surface area contributed by atoms with Crippen LogP contribution in [0.3, 0.4) is 0 Å². The van der Waals surface area contributed by atoms with Crippen molar-refractivity contribution in [1.82, 2.24) is 5.32 Å². The van der Waals surface area contributed by atoms with E-state index in [0.717, 1.165) is 22.3 Å². The van der Waals surface area contributed by atoms with Crippen LogP contribution in [0.1, 0.15) is 79.3 Å². The highest BCUT2D eigenvalue weighted by molar-refractivity contribution is 5.98. The molecule has 3 rings (SSSR count). The Bertz CT molecular complexity index is 1460. The highest BCUT2D eigenvalue weighted by atomic mass is 16.5. The van der Waals surface area contributed by atoms with Crippen molar-refractivity contribution >= 4 is 35.7 Å². The molecule has 0 aromatic heterocycles. The van der Waals surface area contributed by atoms with Gasteiger partial charge >= 0.3 is 6.09 Å². The molecule has 1 atom stereocenters. The van der Waals surface area contributed by atoms with E-state index in [0.29, 0.717) is 61.5 Å². The number of carbonyl (C=O) groups is 5. The molecular formula is C34H41N3O8. The molecular weight excluding hydrogens is 578 g/mol. The predicted octanol–water partition coefficient (Wildman–Crippen LogP) is 5.14. The molecule has 4 N–H and O–H groups in total. The van der Waals surface area contributed by atoms with Crippen molar-refractivity contribution in [1.29, 1.82) is 0 Å². The molecule has 0 aliphatic heterocycles. The number of carbonyl (C=O) groups excluding carboxylic acids is 5. The van der Waals surface area contributed by atoms with Crippen LogP contribution in [0.2, 0.25) is 1.41 Å². The highest BCUT2D eigenvalue weighted by Gasteiger charge is 2.31.